The minimum Gasteiger partial charge on any atom is -0.388 e. The highest BCUT2D eigenvalue weighted by Crippen LogP contribution is 2.15. The van der Waals surface area contributed by atoms with Gasteiger partial charge >= 0.3 is 6.03 Å². The highest BCUT2D eigenvalue weighted by Gasteiger charge is 2.22. The van der Waals surface area contributed by atoms with Crippen LogP contribution in [0.3, 0.4) is 0 Å². The van der Waals surface area contributed by atoms with Crippen molar-refractivity contribution in [3.05, 3.63) is 0 Å². The highest BCUT2D eigenvalue weighted by molar-refractivity contribution is 5.73. The molecule has 0 saturated heterocycles. The van der Waals surface area contributed by atoms with Crippen LogP contribution in [0.4, 0.5) is 4.79 Å². The first-order chi connectivity index (χ1) is 9.71. The summed E-state index contributed by atoms with van der Waals surface area (Å²) in [6, 6.07) is -0.259. The van der Waals surface area contributed by atoms with Crippen LogP contribution in [0.25, 0.3) is 0 Å². The Hall–Kier alpha value is -0.810. The number of ether oxygens (including phenoxy) is 1. The molecule has 0 spiro atoms. The van der Waals surface area contributed by atoms with E-state index < -0.39 is 5.60 Å². The summed E-state index contributed by atoms with van der Waals surface area (Å²) in [4.78, 5) is 11.8. The summed E-state index contributed by atoms with van der Waals surface area (Å²) in [5, 5.41) is 15.7. The van der Waals surface area contributed by atoms with Gasteiger partial charge in [-0.15, -0.1) is 0 Å². The summed E-state index contributed by atoms with van der Waals surface area (Å²) in [7, 11) is 1.66. The largest absolute Gasteiger partial charge is 0.388 e. The topological polar surface area (TPSA) is 70.6 Å². The maximum absolute atomic E-state index is 11.8. The third kappa shape index (κ3) is 9.69. The number of methoxy groups -OCH3 is 1. The van der Waals surface area contributed by atoms with Gasteiger partial charge in [0.15, 0.2) is 0 Å². The molecule has 5 nitrogen and oxygen atoms in total. The van der Waals surface area contributed by atoms with Gasteiger partial charge in [0.1, 0.15) is 0 Å². The van der Waals surface area contributed by atoms with Crippen molar-refractivity contribution in [2.45, 2.75) is 65.6 Å². The van der Waals surface area contributed by atoms with Gasteiger partial charge in [-0.3, -0.25) is 0 Å². The van der Waals surface area contributed by atoms with Gasteiger partial charge in [-0.1, -0.05) is 34.1 Å². The van der Waals surface area contributed by atoms with Crippen LogP contribution in [-0.4, -0.2) is 43.0 Å². The number of urea groups is 1. The molecule has 3 atom stereocenters. The first kappa shape index (κ1) is 20.2. The molecule has 0 aliphatic carbocycles. The molecule has 3 N–H and O–H groups in total. The maximum atomic E-state index is 11.8. The summed E-state index contributed by atoms with van der Waals surface area (Å²) in [5.41, 5.74) is -0.862. The predicted molar refractivity (Wildman–Crippen MR) is 86.3 cm³/mol. The lowest BCUT2D eigenvalue weighted by atomic mass is 9.95. The van der Waals surface area contributed by atoms with E-state index in [1.807, 2.05) is 0 Å². The van der Waals surface area contributed by atoms with E-state index in [2.05, 4.69) is 38.3 Å². The van der Waals surface area contributed by atoms with Gasteiger partial charge < -0.3 is 20.5 Å². The van der Waals surface area contributed by atoms with Gasteiger partial charge in [0, 0.05) is 20.2 Å². The van der Waals surface area contributed by atoms with Gasteiger partial charge in [0.25, 0.3) is 0 Å². The molecular weight excluding hydrogens is 268 g/mol. The predicted octanol–water partition coefficient (Wildman–Crippen LogP) is 2.53. The smallest absolute Gasteiger partial charge is 0.314 e. The normalized spacial score (nSPS) is 17.1. The second kappa shape index (κ2) is 10.0. The van der Waals surface area contributed by atoms with Crippen molar-refractivity contribution in [2.75, 3.05) is 20.2 Å². The summed E-state index contributed by atoms with van der Waals surface area (Å²) < 4.78 is 5.37. The summed E-state index contributed by atoms with van der Waals surface area (Å²) in [5.74, 6) is 0.938. The summed E-state index contributed by atoms with van der Waals surface area (Å²) in [6.07, 6.45) is 2.64. The van der Waals surface area contributed by atoms with E-state index in [4.69, 9.17) is 4.74 Å². The van der Waals surface area contributed by atoms with Crippen LogP contribution in [-0.2, 0) is 4.74 Å². The average molecular weight is 302 g/mol. The fourth-order valence-corrected chi connectivity index (χ4v) is 1.99. The SMILES string of the molecule is CCC(C)C(CNC(=O)NCC(C)(O)CCC(C)C)OC. The molecule has 0 aromatic carbocycles. The van der Waals surface area contributed by atoms with Gasteiger partial charge in [-0.05, 0) is 31.6 Å². The number of nitrogens with one attached hydrogen (secondary N) is 2. The van der Waals surface area contributed by atoms with E-state index in [-0.39, 0.29) is 18.7 Å². The Kier molecular flexibility index (Phi) is 9.62. The van der Waals surface area contributed by atoms with Crippen LogP contribution in [0.15, 0.2) is 0 Å². The molecule has 5 heteroatoms. The molecule has 0 bridgehead atoms. The Balaban J connectivity index is 4.03. The second-order valence-electron chi connectivity index (χ2n) is 6.65. The van der Waals surface area contributed by atoms with E-state index in [0.717, 1.165) is 12.8 Å². The van der Waals surface area contributed by atoms with E-state index in [9.17, 15) is 9.90 Å². The maximum Gasteiger partial charge on any atom is 0.314 e. The number of carbonyl (C=O) groups is 1. The highest BCUT2D eigenvalue weighted by atomic mass is 16.5. The number of hydrogen-bond acceptors (Lipinski definition) is 3. The van der Waals surface area contributed by atoms with Crippen LogP contribution in [0.5, 0.6) is 0 Å². The molecule has 0 aliphatic heterocycles. The Labute approximate surface area is 129 Å². The Morgan fingerprint density at radius 3 is 2.38 bits per heavy atom. The van der Waals surface area contributed by atoms with Crippen molar-refractivity contribution in [1.82, 2.24) is 10.6 Å². The lowest BCUT2D eigenvalue weighted by molar-refractivity contribution is 0.0461. The van der Waals surface area contributed by atoms with Crippen LogP contribution >= 0.6 is 0 Å². The fourth-order valence-electron chi connectivity index (χ4n) is 1.99. The number of rotatable bonds is 10. The third-order valence-corrected chi connectivity index (χ3v) is 3.94. The van der Waals surface area contributed by atoms with Crippen molar-refractivity contribution >= 4 is 6.03 Å². The van der Waals surface area contributed by atoms with E-state index >= 15 is 0 Å². The lowest BCUT2D eigenvalue weighted by Crippen LogP contribution is -2.47. The molecule has 0 radical (unpaired) electrons. The van der Waals surface area contributed by atoms with Crippen molar-refractivity contribution in [3.63, 3.8) is 0 Å². The summed E-state index contributed by atoms with van der Waals surface area (Å²) in [6.45, 7) is 10.9. The third-order valence-electron chi connectivity index (χ3n) is 3.94. The standard InChI is InChI=1S/C16H34N2O3/c1-7-13(4)14(21-6)10-17-15(19)18-11-16(5,20)9-8-12(2)3/h12-14,20H,7-11H2,1-6H3,(H2,17,18,19). The Morgan fingerprint density at radius 1 is 1.29 bits per heavy atom. The molecule has 0 aliphatic rings. The molecule has 21 heavy (non-hydrogen) atoms. The van der Waals surface area contributed by atoms with Crippen molar-refractivity contribution in [3.8, 4) is 0 Å². The van der Waals surface area contributed by atoms with Gasteiger partial charge in [-0.2, -0.15) is 0 Å². The fraction of sp³-hybridized carbons (Fsp3) is 0.938. The molecule has 126 valence electrons. The molecule has 0 saturated carbocycles. The molecule has 0 rings (SSSR count). The summed E-state index contributed by atoms with van der Waals surface area (Å²) >= 11 is 0. The molecule has 0 aromatic heterocycles. The molecule has 0 heterocycles. The van der Waals surface area contributed by atoms with Crippen LogP contribution in [0.1, 0.15) is 53.9 Å². The quantitative estimate of drug-likeness (QED) is 0.581. The number of carbonyl (C=O) groups excluding carboxylic acids is 1. The molecule has 0 fully saturated rings. The average Bonchev–Trinajstić information content (AvgIpc) is 2.43. The van der Waals surface area contributed by atoms with Gasteiger partial charge in [-0.25, -0.2) is 4.79 Å². The van der Waals surface area contributed by atoms with Gasteiger partial charge in [0.2, 0.25) is 0 Å². The minimum absolute atomic E-state index is 0.0159. The zero-order valence-corrected chi connectivity index (χ0v) is 14.5. The molecule has 3 unspecified atom stereocenters. The van der Waals surface area contributed by atoms with Crippen LogP contribution in [0.2, 0.25) is 0 Å². The Bertz CT molecular complexity index is 293. The van der Waals surface area contributed by atoms with Crippen LogP contribution in [0, 0.1) is 11.8 Å². The van der Waals surface area contributed by atoms with Crippen molar-refractivity contribution in [1.29, 1.82) is 0 Å². The molecular formula is C16H34N2O3. The number of aliphatic hydroxyl groups is 1. The second-order valence-corrected chi connectivity index (χ2v) is 6.65. The number of amides is 2. The van der Waals surface area contributed by atoms with E-state index in [1.54, 1.807) is 14.0 Å². The van der Waals surface area contributed by atoms with E-state index in [1.165, 1.54) is 0 Å². The zero-order chi connectivity index (χ0) is 16.5. The van der Waals surface area contributed by atoms with Crippen molar-refractivity contribution < 1.29 is 14.6 Å². The lowest BCUT2D eigenvalue weighted by Gasteiger charge is -2.25. The first-order valence-electron chi connectivity index (χ1n) is 7.98. The Morgan fingerprint density at radius 2 is 1.90 bits per heavy atom. The monoisotopic (exact) mass is 302 g/mol. The van der Waals surface area contributed by atoms with E-state index in [0.29, 0.717) is 24.8 Å². The molecule has 0 aromatic rings. The number of hydrogen-bond donors (Lipinski definition) is 3. The zero-order valence-electron chi connectivity index (χ0n) is 14.5. The molecule has 2 amide bonds. The first-order valence-corrected chi connectivity index (χ1v) is 7.98. The van der Waals surface area contributed by atoms with Gasteiger partial charge in [0.05, 0.1) is 11.7 Å². The van der Waals surface area contributed by atoms with Crippen molar-refractivity contribution in [2.24, 2.45) is 11.8 Å². The minimum atomic E-state index is -0.862. The van der Waals surface area contributed by atoms with Crippen LogP contribution < -0.4 is 10.6 Å².